The number of nitrogens with zero attached hydrogens (tertiary/aromatic N) is 3. The summed E-state index contributed by atoms with van der Waals surface area (Å²) in [6.07, 6.45) is -3.69. The number of benzene rings is 1. The van der Waals surface area contributed by atoms with Gasteiger partial charge >= 0.3 is 6.18 Å². The zero-order valence-corrected chi connectivity index (χ0v) is 11.8. The molecule has 0 amide bonds. The van der Waals surface area contributed by atoms with Crippen LogP contribution in [0.1, 0.15) is 41.9 Å². The average Bonchev–Trinajstić information content (AvgIpc) is 2.86. The molecule has 2 N–H and O–H groups in total. The molecule has 1 aliphatic heterocycles. The average molecular weight is 312 g/mol. The van der Waals surface area contributed by atoms with Crippen LogP contribution in [-0.2, 0) is 10.9 Å². The SMILES string of the molecule is COC1CCC(c2ccccc2C(F)(F)F)n2nc(N)nc21. The molecular weight excluding hydrogens is 297 g/mol. The summed E-state index contributed by atoms with van der Waals surface area (Å²) in [6.45, 7) is 0. The number of nitrogens with two attached hydrogens (primary N) is 1. The molecule has 1 aromatic heterocycles. The highest BCUT2D eigenvalue weighted by atomic mass is 19.4. The summed E-state index contributed by atoms with van der Waals surface area (Å²) in [5, 5.41) is 4.07. The Labute approximate surface area is 124 Å². The minimum absolute atomic E-state index is 0.0356. The summed E-state index contributed by atoms with van der Waals surface area (Å²) in [4.78, 5) is 4.09. The van der Waals surface area contributed by atoms with E-state index in [0.717, 1.165) is 6.07 Å². The van der Waals surface area contributed by atoms with Crippen molar-refractivity contribution in [2.24, 2.45) is 0 Å². The Morgan fingerprint density at radius 2 is 2.00 bits per heavy atom. The molecule has 2 atom stereocenters. The molecule has 0 spiro atoms. The molecule has 0 saturated heterocycles. The van der Waals surface area contributed by atoms with Gasteiger partial charge in [0, 0.05) is 7.11 Å². The van der Waals surface area contributed by atoms with Crippen molar-refractivity contribution in [2.45, 2.75) is 31.2 Å². The van der Waals surface area contributed by atoms with Crippen LogP contribution >= 0.6 is 0 Å². The van der Waals surface area contributed by atoms with Crippen molar-refractivity contribution in [1.29, 1.82) is 0 Å². The predicted octanol–water partition coefficient (Wildman–Crippen LogP) is 2.95. The normalized spacial score (nSPS) is 21.6. The van der Waals surface area contributed by atoms with Crippen LogP contribution in [0.15, 0.2) is 24.3 Å². The first-order valence-electron chi connectivity index (χ1n) is 6.82. The van der Waals surface area contributed by atoms with Gasteiger partial charge in [0.2, 0.25) is 5.95 Å². The van der Waals surface area contributed by atoms with E-state index in [9.17, 15) is 13.2 Å². The second-order valence-corrected chi connectivity index (χ2v) is 5.18. The van der Waals surface area contributed by atoms with Gasteiger partial charge in [0.1, 0.15) is 6.10 Å². The lowest BCUT2D eigenvalue weighted by molar-refractivity contribution is -0.138. The van der Waals surface area contributed by atoms with E-state index in [1.807, 2.05) is 0 Å². The van der Waals surface area contributed by atoms with Crippen molar-refractivity contribution in [3.63, 3.8) is 0 Å². The van der Waals surface area contributed by atoms with Crippen LogP contribution in [0, 0.1) is 0 Å². The number of halogens is 3. The standard InChI is InChI=1S/C14H15F3N4O/c1-22-11-7-6-10(21-12(11)19-13(18)20-21)8-4-2-3-5-9(8)14(15,16)17/h2-5,10-11H,6-7H2,1H3,(H2,18,20). The summed E-state index contributed by atoms with van der Waals surface area (Å²) < 4.78 is 46.5. The first-order chi connectivity index (χ1) is 10.4. The lowest BCUT2D eigenvalue weighted by atomic mass is 9.92. The maximum Gasteiger partial charge on any atom is 0.416 e. The molecular formula is C14H15F3N4O. The minimum atomic E-state index is -4.42. The van der Waals surface area contributed by atoms with E-state index in [-0.39, 0.29) is 17.6 Å². The van der Waals surface area contributed by atoms with Crippen molar-refractivity contribution < 1.29 is 17.9 Å². The summed E-state index contributed by atoms with van der Waals surface area (Å²) in [6, 6.07) is 4.97. The van der Waals surface area contributed by atoms with Gasteiger partial charge in [0.05, 0.1) is 11.6 Å². The number of fused-ring (bicyclic) bond motifs is 1. The van der Waals surface area contributed by atoms with Gasteiger partial charge < -0.3 is 10.5 Å². The molecule has 0 fully saturated rings. The monoisotopic (exact) mass is 312 g/mol. The van der Waals surface area contributed by atoms with E-state index in [2.05, 4.69) is 10.1 Å². The van der Waals surface area contributed by atoms with Gasteiger partial charge in [-0.3, -0.25) is 0 Å². The third-order valence-corrected chi connectivity index (χ3v) is 3.87. The number of hydrogen-bond donors (Lipinski definition) is 1. The van der Waals surface area contributed by atoms with E-state index in [1.54, 1.807) is 6.07 Å². The zero-order valence-electron chi connectivity index (χ0n) is 11.8. The third kappa shape index (κ3) is 2.43. The van der Waals surface area contributed by atoms with Gasteiger partial charge in [-0.2, -0.15) is 18.2 Å². The quantitative estimate of drug-likeness (QED) is 0.926. The Hall–Kier alpha value is -2.09. The lowest BCUT2D eigenvalue weighted by Crippen LogP contribution is -2.26. The van der Waals surface area contributed by atoms with Crippen molar-refractivity contribution in [2.75, 3.05) is 12.8 Å². The number of nitrogen functional groups attached to an aromatic ring is 1. The smallest absolute Gasteiger partial charge is 0.373 e. The summed E-state index contributed by atoms with van der Waals surface area (Å²) in [5.74, 6) is 0.502. The van der Waals surface area contributed by atoms with Crippen molar-refractivity contribution in [3.8, 4) is 0 Å². The van der Waals surface area contributed by atoms with Crippen LogP contribution in [0.25, 0.3) is 0 Å². The Kier molecular flexibility index (Phi) is 3.56. The van der Waals surface area contributed by atoms with Crippen LogP contribution < -0.4 is 5.73 Å². The van der Waals surface area contributed by atoms with Gasteiger partial charge in [0.25, 0.3) is 0 Å². The molecule has 0 aliphatic carbocycles. The number of methoxy groups -OCH3 is 1. The van der Waals surface area contributed by atoms with Crippen LogP contribution in [0.3, 0.4) is 0 Å². The lowest BCUT2D eigenvalue weighted by Gasteiger charge is -2.30. The van der Waals surface area contributed by atoms with E-state index < -0.39 is 17.8 Å². The van der Waals surface area contributed by atoms with Crippen LogP contribution in [0.5, 0.6) is 0 Å². The molecule has 1 aromatic carbocycles. The van der Waals surface area contributed by atoms with Gasteiger partial charge in [-0.25, -0.2) is 4.68 Å². The highest BCUT2D eigenvalue weighted by molar-refractivity contribution is 5.34. The zero-order chi connectivity index (χ0) is 15.9. The van der Waals surface area contributed by atoms with Gasteiger partial charge in [-0.1, -0.05) is 18.2 Å². The van der Waals surface area contributed by atoms with Gasteiger partial charge in [0.15, 0.2) is 5.82 Å². The fourth-order valence-electron chi connectivity index (χ4n) is 2.92. The molecule has 118 valence electrons. The maximum absolute atomic E-state index is 13.2. The van der Waals surface area contributed by atoms with E-state index in [0.29, 0.717) is 18.7 Å². The van der Waals surface area contributed by atoms with Crippen molar-refractivity contribution in [1.82, 2.24) is 14.8 Å². The number of anilines is 1. The van der Waals surface area contributed by atoms with E-state index in [4.69, 9.17) is 10.5 Å². The highest BCUT2D eigenvalue weighted by Crippen LogP contribution is 2.41. The van der Waals surface area contributed by atoms with E-state index >= 15 is 0 Å². The van der Waals surface area contributed by atoms with Crippen LogP contribution in [0.2, 0.25) is 0 Å². The number of rotatable bonds is 2. The molecule has 3 rings (SSSR count). The summed E-state index contributed by atoms with van der Waals surface area (Å²) in [5.41, 5.74) is 5.14. The number of hydrogen-bond acceptors (Lipinski definition) is 4. The second-order valence-electron chi connectivity index (χ2n) is 5.18. The largest absolute Gasteiger partial charge is 0.416 e. The fourth-order valence-corrected chi connectivity index (χ4v) is 2.92. The Balaban J connectivity index is 2.11. The molecule has 22 heavy (non-hydrogen) atoms. The van der Waals surface area contributed by atoms with Crippen LogP contribution in [-0.4, -0.2) is 21.9 Å². The summed E-state index contributed by atoms with van der Waals surface area (Å²) >= 11 is 0. The highest BCUT2D eigenvalue weighted by Gasteiger charge is 2.38. The fraction of sp³-hybridized carbons (Fsp3) is 0.429. The number of ether oxygens (including phenoxy) is 1. The second kappa shape index (κ2) is 5.28. The number of aromatic nitrogens is 3. The molecule has 8 heteroatoms. The molecule has 5 nitrogen and oxygen atoms in total. The van der Waals surface area contributed by atoms with Crippen LogP contribution in [0.4, 0.5) is 19.1 Å². The van der Waals surface area contributed by atoms with Gasteiger partial charge in [-0.15, -0.1) is 5.10 Å². The van der Waals surface area contributed by atoms with Gasteiger partial charge in [-0.05, 0) is 24.5 Å². The Morgan fingerprint density at radius 1 is 1.27 bits per heavy atom. The molecule has 0 saturated carbocycles. The first kappa shape index (κ1) is 14.8. The minimum Gasteiger partial charge on any atom is -0.373 e. The maximum atomic E-state index is 13.2. The van der Waals surface area contributed by atoms with Crippen molar-refractivity contribution >= 4 is 5.95 Å². The van der Waals surface area contributed by atoms with Crippen molar-refractivity contribution in [3.05, 3.63) is 41.2 Å². The molecule has 2 heterocycles. The molecule has 2 aromatic rings. The predicted molar refractivity (Wildman–Crippen MR) is 73.0 cm³/mol. The molecule has 0 bridgehead atoms. The molecule has 0 radical (unpaired) electrons. The van der Waals surface area contributed by atoms with E-state index in [1.165, 1.54) is 23.9 Å². The third-order valence-electron chi connectivity index (χ3n) is 3.87. The molecule has 2 unspecified atom stereocenters. The summed E-state index contributed by atoms with van der Waals surface area (Å²) in [7, 11) is 1.53. The topological polar surface area (TPSA) is 66.0 Å². The Morgan fingerprint density at radius 3 is 2.68 bits per heavy atom. The first-order valence-corrected chi connectivity index (χ1v) is 6.82. The molecule has 1 aliphatic rings. The Bertz CT molecular complexity index is 683. The number of alkyl halides is 3.